The molecule has 0 bridgehead atoms. The monoisotopic (exact) mass is 343 g/mol. The summed E-state index contributed by atoms with van der Waals surface area (Å²) in [6, 6.07) is 14.3. The van der Waals surface area contributed by atoms with E-state index in [0.29, 0.717) is 35.3 Å². The van der Waals surface area contributed by atoms with Gasteiger partial charge in [0.25, 0.3) is 5.91 Å². The first-order chi connectivity index (χ1) is 11.7. The second-order valence-corrected chi connectivity index (χ2v) is 5.94. The Morgan fingerprint density at radius 1 is 1.17 bits per heavy atom. The summed E-state index contributed by atoms with van der Waals surface area (Å²) in [5.74, 6) is 1.34. The molecule has 1 aromatic heterocycles. The molecule has 4 rings (SSSR count). The number of carbonyl (C=O) groups is 1. The maximum absolute atomic E-state index is 12.3. The van der Waals surface area contributed by atoms with Gasteiger partial charge in [0.15, 0.2) is 17.3 Å². The minimum Gasteiger partial charge on any atom is -0.486 e. The average Bonchev–Trinajstić information content (AvgIpc) is 3.02. The van der Waals surface area contributed by atoms with E-state index in [1.165, 1.54) is 0 Å². The van der Waals surface area contributed by atoms with Crippen LogP contribution in [-0.2, 0) is 0 Å². The Bertz CT molecular complexity index is 905. The van der Waals surface area contributed by atoms with Crippen LogP contribution in [0.1, 0.15) is 10.6 Å². The highest BCUT2D eigenvalue weighted by atomic mass is 35.5. The molecule has 1 amide bonds. The molecule has 1 N–H and O–H groups in total. The average molecular weight is 344 g/mol. The molecule has 24 heavy (non-hydrogen) atoms. The van der Waals surface area contributed by atoms with Gasteiger partial charge in [0.1, 0.15) is 18.3 Å². The van der Waals surface area contributed by atoms with Crippen LogP contribution in [-0.4, -0.2) is 25.2 Å². The van der Waals surface area contributed by atoms with E-state index in [9.17, 15) is 4.79 Å². The number of halogens is 1. The molecular formula is C18H14ClNO4. The second-order valence-electron chi connectivity index (χ2n) is 5.50. The Morgan fingerprint density at radius 3 is 2.88 bits per heavy atom. The van der Waals surface area contributed by atoms with Crippen molar-refractivity contribution >= 4 is 28.5 Å². The number of ether oxygens (including phenoxy) is 2. The van der Waals surface area contributed by atoms with Gasteiger partial charge in [-0.2, -0.15) is 0 Å². The molecule has 5 nitrogen and oxygen atoms in total. The van der Waals surface area contributed by atoms with Gasteiger partial charge < -0.3 is 19.2 Å². The summed E-state index contributed by atoms with van der Waals surface area (Å²) in [5, 5.41) is 4.19. The van der Waals surface area contributed by atoms with Crippen molar-refractivity contribution in [2.75, 3.05) is 13.2 Å². The van der Waals surface area contributed by atoms with Crippen molar-refractivity contribution in [1.29, 1.82) is 0 Å². The number of fused-ring (bicyclic) bond motifs is 2. The molecule has 2 aromatic carbocycles. The Kier molecular flexibility index (Phi) is 3.78. The van der Waals surface area contributed by atoms with Gasteiger partial charge in [-0.3, -0.25) is 4.79 Å². The van der Waals surface area contributed by atoms with E-state index in [4.69, 9.17) is 25.5 Å². The lowest BCUT2D eigenvalue weighted by atomic mass is 10.2. The summed E-state index contributed by atoms with van der Waals surface area (Å²) in [4.78, 5) is 12.3. The van der Waals surface area contributed by atoms with Gasteiger partial charge in [-0.15, -0.1) is 0 Å². The van der Waals surface area contributed by atoms with Crippen LogP contribution < -0.4 is 14.8 Å². The maximum Gasteiger partial charge on any atom is 0.287 e. The Morgan fingerprint density at radius 2 is 2.00 bits per heavy atom. The standard InChI is InChI=1S/C18H14ClNO4/c19-12-5-6-14-11(7-12)8-17(24-14)18(21)20-9-13-10-22-15-3-1-2-4-16(15)23-13/h1-8,13H,9-10H2,(H,20,21)/t13-/m0/s1. The van der Waals surface area contributed by atoms with Gasteiger partial charge in [0.05, 0.1) is 6.54 Å². The van der Waals surface area contributed by atoms with Gasteiger partial charge in [0.2, 0.25) is 0 Å². The van der Waals surface area contributed by atoms with Crippen LogP contribution in [0.3, 0.4) is 0 Å². The Hall–Kier alpha value is -2.66. The van der Waals surface area contributed by atoms with Crippen molar-refractivity contribution in [2.24, 2.45) is 0 Å². The Balaban J connectivity index is 1.41. The van der Waals surface area contributed by atoms with Crippen molar-refractivity contribution in [3.8, 4) is 11.5 Å². The number of nitrogens with one attached hydrogen (secondary N) is 1. The second kappa shape index (κ2) is 6.09. The van der Waals surface area contributed by atoms with Crippen LogP contribution in [0.5, 0.6) is 11.5 Å². The summed E-state index contributed by atoms with van der Waals surface area (Å²) in [7, 11) is 0. The van der Waals surface area contributed by atoms with E-state index in [1.54, 1.807) is 24.3 Å². The summed E-state index contributed by atoms with van der Waals surface area (Å²) in [5.41, 5.74) is 0.621. The predicted octanol–water partition coefficient (Wildman–Crippen LogP) is 3.66. The molecule has 0 fully saturated rings. The lowest BCUT2D eigenvalue weighted by molar-refractivity contribution is 0.0774. The lowest BCUT2D eigenvalue weighted by Crippen LogP contribution is -2.40. The quantitative estimate of drug-likeness (QED) is 0.788. The molecular weight excluding hydrogens is 330 g/mol. The van der Waals surface area contributed by atoms with Crippen LogP contribution in [0.2, 0.25) is 5.02 Å². The van der Waals surface area contributed by atoms with E-state index in [2.05, 4.69) is 5.32 Å². The number of hydrogen-bond donors (Lipinski definition) is 1. The SMILES string of the molecule is O=C(NC[C@H]1COc2ccccc2O1)c1cc2cc(Cl)ccc2o1. The minimum atomic E-state index is -0.301. The predicted molar refractivity (Wildman–Crippen MR) is 89.9 cm³/mol. The molecule has 1 atom stereocenters. The number of furan rings is 1. The molecule has 0 saturated carbocycles. The van der Waals surface area contributed by atoms with Crippen molar-refractivity contribution in [3.63, 3.8) is 0 Å². The van der Waals surface area contributed by atoms with Crippen molar-refractivity contribution in [1.82, 2.24) is 5.32 Å². The molecule has 1 aliphatic heterocycles. The molecule has 0 unspecified atom stereocenters. The zero-order valence-corrected chi connectivity index (χ0v) is 13.4. The fourth-order valence-corrected chi connectivity index (χ4v) is 2.76. The number of benzene rings is 2. The summed E-state index contributed by atoms with van der Waals surface area (Å²) >= 11 is 5.94. The zero-order chi connectivity index (χ0) is 16.5. The third-order valence-electron chi connectivity index (χ3n) is 3.76. The summed E-state index contributed by atoms with van der Waals surface area (Å²) in [6.07, 6.45) is -0.248. The molecule has 1 aliphatic rings. The molecule has 3 aromatic rings. The fourth-order valence-electron chi connectivity index (χ4n) is 2.58. The number of carbonyl (C=O) groups excluding carboxylic acids is 1. The number of amides is 1. The molecule has 0 saturated heterocycles. The van der Waals surface area contributed by atoms with E-state index in [-0.39, 0.29) is 17.8 Å². The lowest BCUT2D eigenvalue weighted by Gasteiger charge is -2.26. The van der Waals surface area contributed by atoms with E-state index < -0.39 is 0 Å². The highest BCUT2D eigenvalue weighted by Gasteiger charge is 2.22. The molecule has 0 aliphatic carbocycles. The van der Waals surface area contributed by atoms with E-state index >= 15 is 0 Å². The van der Waals surface area contributed by atoms with Crippen molar-refractivity contribution in [2.45, 2.75) is 6.10 Å². The van der Waals surface area contributed by atoms with Gasteiger partial charge in [-0.1, -0.05) is 23.7 Å². The first kappa shape index (κ1) is 14.9. The van der Waals surface area contributed by atoms with Crippen molar-refractivity contribution in [3.05, 3.63) is 59.3 Å². The van der Waals surface area contributed by atoms with Gasteiger partial charge in [-0.25, -0.2) is 0 Å². The van der Waals surface area contributed by atoms with Crippen LogP contribution in [0.25, 0.3) is 11.0 Å². The number of hydrogen-bond acceptors (Lipinski definition) is 4. The zero-order valence-electron chi connectivity index (χ0n) is 12.6. The Labute approximate surface area is 143 Å². The normalized spacial score (nSPS) is 16.1. The minimum absolute atomic E-state index is 0.240. The van der Waals surface area contributed by atoms with E-state index in [0.717, 1.165) is 5.39 Å². The summed E-state index contributed by atoms with van der Waals surface area (Å²) < 4.78 is 17.0. The first-order valence-electron chi connectivity index (χ1n) is 7.55. The van der Waals surface area contributed by atoms with Crippen LogP contribution in [0.4, 0.5) is 0 Å². The third kappa shape index (κ3) is 2.90. The van der Waals surface area contributed by atoms with Gasteiger partial charge in [-0.05, 0) is 36.4 Å². The molecule has 0 spiro atoms. The summed E-state index contributed by atoms with van der Waals surface area (Å²) in [6.45, 7) is 0.706. The topological polar surface area (TPSA) is 60.7 Å². The van der Waals surface area contributed by atoms with Crippen LogP contribution >= 0.6 is 11.6 Å². The molecule has 6 heteroatoms. The molecule has 2 heterocycles. The van der Waals surface area contributed by atoms with Crippen LogP contribution in [0, 0.1) is 0 Å². The largest absolute Gasteiger partial charge is 0.486 e. The molecule has 122 valence electrons. The number of rotatable bonds is 3. The molecule has 0 radical (unpaired) electrons. The van der Waals surface area contributed by atoms with Gasteiger partial charge >= 0.3 is 0 Å². The fraction of sp³-hybridized carbons (Fsp3) is 0.167. The van der Waals surface area contributed by atoms with Crippen molar-refractivity contribution < 1.29 is 18.7 Å². The third-order valence-corrected chi connectivity index (χ3v) is 4.00. The van der Waals surface area contributed by atoms with E-state index in [1.807, 2.05) is 24.3 Å². The highest BCUT2D eigenvalue weighted by molar-refractivity contribution is 6.31. The highest BCUT2D eigenvalue weighted by Crippen LogP contribution is 2.30. The van der Waals surface area contributed by atoms with Gasteiger partial charge in [0, 0.05) is 10.4 Å². The smallest absolute Gasteiger partial charge is 0.287 e. The van der Waals surface area contributed by atoms with Crippen LogP contribution in [0.15, 0.2) is 52.9 Å². The number of para-hydroxylation sites is 2. The first-order valence-corrected chi connectivity index (χ1v) is 7.92. The maximum atomic E-state index is 12.3.